The Labute approximate surface area is 168 Å². The van der Waals surface area contributed by atoms with E-state index in [9.17, 15) is 14.4 Å². The van der Waals surface area contributed by atoms with Crippen LogP contribution in [0.4, 0.5) is 0 Å². The van der Waals surface area contributed by atoms with Crippen molar-refractivity contribution < 1.29 is 19.1 Å². The van der Waals surface area contributed by atoms with E-state index in [0.29, 0.717) is 23.5 Å². The third-order valence-electron chi connectivity index (χ3n) is 4.52. The lowest BCUT2D eigenvalue weighted by atomic mass is 10.1. The van der Waals surface area contributed by atoms with Gasteiger partial charge in [0.2, 0.25) is 5.91 Å². The standard InChI is InChI=1S/C22H23N3O4/c1-3-29-16-10-8-15(9-11-16)20(26)12-13-21(27)23-24-22(28)18-14-25(2)19-7-5-4-6-17(18)19/h4-11,14H,3,12-13H2,1-2H3,(H,23,27)(H,24,28). The summed E-state index contributed by atoms with van der Waals surface area (Å²) < 4.78 is 7.19. The number of carbonyl (C=O) groups is 3. The first-order valence-electron chi connectivity index (χ1n) is 9.39. The van der Waals surface area contributed by atoms with Crippen molar-refractivity contribution in [3.8, 4) is 5.75 Å². The molecule has 0 aliphatic carbocycles. The SMILES string of the molecule is CCOc1ccc(C(=O)CCC(=O)NNC(=O)c2cn(C)c3ccccc23)cc1. The molecule has 0 bridgehead atoms. The number of nitrogens with one attached hydrogen (secondary N) is 2. The van der Waals surface area contributed by atoms with Crippen LogP contribution in [-0.4, -0.2) is 28.8 Å². The minimum absolute atomic E-state index is 0.0259. The van der Waals surface area contributed by atoms with Crippen molar-refractivity contribution in [2.75, 3.05) is 6.61 Å². The van der Waals surface area contributed by atoms with E-state index in [1.54, 1.807) is 30.5 Å². The van der Waals surface area contributed by atoms with Gasteiger partial charge in [-0.2, -0.15) is 0 Å². The number of aryl methyl sites for hydroxylation is 1. The highest BCUT2D eigenvalue weighted by Crippen LogP contribution is 2.20. The first kappa shape index (κ1) is 20.1. The number of ketones is 1. The van der Waals surface area contributed by atoms with Crippen LogP contribution in [0.15, 0.2) is 54.7 Å². The van der Waals surface area contributed by atoms with Gasteiger partial charge in [-0.3, -0.25) is 25.2 Å². The van der Waals surface area contributed by atoms with Crippen molar-refractivity contribution in [2.24, 2.45) is 7.05 Å². The smallest absolute Gasteiger partial charge is 0.271 e. The molecule has 0 unspecified atom stereocenters. The second kappa shape index (κ2) is 9.05. The van der Waals surface area contributed by atoms with E-state index in [-0.39, 0.29) is 18.6 Å². The molecule has 7 heteroatoms. The van der Waals surface area contributed by atoms with E-state index in [0.717, 1.165) is 10.9 Å². The van der Waals surface area contributed by atoms with Crippen LogP contribution in [0.5, 0.6) is 5.75 Å². The molecule has 29 heavy (non-hydrogen) atoms. The number of rotatable bonds is 7. The zero-order chi connectivity index (χ0) is 20.8. The number of ether oxygens (including phenoxy) is 1. The van der Waals surface area contributed by atoms with Crippen molar-refractivity contribution in [3.63, 3.8) is 0 Å². The van der Waals surface area contributed by atoms with Gasteiger partial charge in [0.05, 0.1) is 12.2 Å². The van der Waals surface area contributed by atoms with Gasteiger partial charge in [0.15, 0.2) is 5.78 Å². The molecule has 2 N–H and O–H groups in total. The second-order valence-electron chi connectivity index (χ2n) is 6.55. The summed E-state index contributed by atoms with van der Waals surface area (Å²) in [6.45, 7) is 2.44. The lowest BCUT2D eigenvalue weighted by Gasteiger charge is -2.07. The Morgan fingerprint density at radius 2 is 1.69 bits per heavy atom. The number of amides is 2. The summed E-state index contributed by atoms with van der Waals surface area (Å²) in [4.78, 5) is 36.6. The third-order valence-corrected chi connectivity index (χ3v) is 4.52. The molecule has 150 valence electrons. The van der Waals surface area contributed by atoms with Crippen LogP contribution in [0.2, 0.25) is 0 Å². The molecule has 0 spiro atoms. The van der Waals surface area contributed by atoms with Crippen LogP contribution in [0.25, 0.3) is 10.9 Å². The number of nitrogens with zero attached hydrogens (tertiary/aromatic N) is 1. The van der Waals surface area contributed by atoms with Crippen molar-refractivity contribution in [3.05, 3.63) is 65.9 Å². The van der Waals surface area contributed by atoms with Gasteiger partial charge in [0.25, 0.3) is 5.91 Å². The number of aromatic nitrogens is 1. The number of benzene rings is 2. The second-order valence-corrected chi connectivity index (χ2v) is 6.55. The molecular weight excluding hydrogens is 370 g/mol. The van der Waals surface area contributed by atoms with Gasteiger partial charge in [-0.1, -0.05) is 18.2 Å². The van der Waals surface area contributed by atoms with Crippen molar-refractivity contribution in [1.29, 1.82) is 0 Å². The Bertz CT molecular complexity index is 1040. The summed E-state index contributed by atoms with van der Waals surface area (Å²) >= 11 is 0. The Morgan fingerprint density at radius 3 is 2.41 bits per heavy atom. The number of Topliss-reactive ketones (excluding diaryl/α,β-unsaturated/α-hetero) is 1. The minimum atomic E-state index is -0.433. The van der Waals surface area contributed by atoms with Crippen LogP contribution in [0, 0.1) is 0 Å². The topological polar surface area (TPSA) is 89.4 Å². The van der Waals surface area contributed by atoms with Gasteiger partial charge in [-0.05, 0) is 37.3 Å². The first-order valence-corrected chi connectivity index (χ1v) is 9.39. The van der Waals surface area contributed by atoms with Gasteiger partial charge in [-0.25, -0.2) is 0 Å². The van der Waals surface area contributed by atoms with Gasteiger partial charge < -0.3 is 9.30 Å². The lowest BCUT2D eigenvalue weighted by Crippen LogP contribution is -2.41. The van der Waals surface area contributed by atoms with Gasteiger partial charge in [0, 0.05) is 42.6 Å². The van der Waals surface area contributed by atoms with Crippen LogP contribution in [0.1, 0.15) is 40.5 Å². The van der Waals surface area contributed by atoms with Crippen LogP contribution >= 0.6 is 0 Å². The molecule has 1 heterocycles. The first-order chi connectivity index (χ1) is 14.0. The largest absolute Gasteiger partial charge is 0.494 e. The summed E-state index contributed by atoms with van der Waals surface area (Å²) in [5, 5.41) is 0.799. The summed E-state index contributed by atoms with van der Waals surface area (Å²) in [6, 6.07) is 14.3. The molecule has 0 fully saturated rings. The molecule has 1 aromatic heterocycles. The Balaban J connectivity index is 1.50. The number of hydrogen-bond donors (Lipinski definition) is 2. The molecule has 2 amide bonds. The summed E-state index contributed by atoms with van der Waals surface area (Å²) in [6.07, 6.45) is 1.73. The van der Waals surface area contributed by atoms with Gasteiger partial charge >= 0.3 is 0 Å². The fraction of sp³-hybridized carbons (Fsp3) is 0.227. The quantitative estimate of drug-likeness (QED) is 0.477. The highest BCUT2D eigenvalue weighted by Gasteiger charge is 2.15. The number of fused-ring (bicyclic) bond motifs is 1. The van der Waals surface area contributed by atoms with Gasteiger partial charge in [0.1, 0.15) is 5.75 Å². The highest BCUT2D eigenvalue weighted by molar-refractivity contribution is 6.07. The maximum Gasteiger partial charge on any atom is 0.271 e. The number of hydrogen-bond acceptors (Lipinski definition) is 4. The fourth-order valence-corrected chi connectivity index (χ4v) is 3.05. The van der Waals surface area contributed by atoms with Gasteiger partial charge in [-0.15, -0.1) is 0 Å². The number of para-hydroxylation sites is 1. The van der Waals surface area contributed by atoms with E-state index >= 15 is 0 Å². The van der Waals surface area contributed by atoms with E-state index in [1.807, 2.05) is 42.8 Å². The molecule has 2 aromatic carbocycles. The average molecular weight is 393 g/mol. The summed E-state index contributed by atoms with van der Waals surface area (Å²) in [7, 11) is 1.85. The van der Waals surface area contributed by atoms with Crippen LogP contribution < -0.4 is 15.6 Å². The van der Waals surface area contributed by atoms with Crippen molar-refractivity contribution in [2.45, 2.75) is 19.8 Å². The van der Waals surface area contributed by atoms with Crippen LogP contribution in [0.3, 0.4) is 0 Å². The highest BCUT2D eigenvalue weighted by atomic mass is 16.5. The van der Waals surface area contributed by atoms with Crippen LogP contribution in [-0.2, 0) is 11.8 Å². The molecule has 0 aliphatic heterocycles. The minimum Gasteiger partial charge on any atom is -0.494 e. The predicted molar refractivity (Wildman–Crippen MR) is 110 cm³/mol. The zero-order valence-corrected chi connectivity index (χ0v) is 16.4. The van der Waals surface area contributed by atoms with E-state index < -0.39 is 11.8 Å². The summed E-state index contributed by atoms with van der Waals surface area (Å²) in [5.41, 5.74) is 6.68. The zero-order valence-electron chi connectivity index (χ0n) is 16.4. The molecule has 7 nitrogen and oxygen atoms in total. The lowest BCUT2D eigenvalue weighted by molar-refractivity contribution is -0.121. The number of hydrazine groups is 1. The maximum absolute atomic E-state index is 12.4. The molecule has 3 aromatic rings. The molecule has 0 aliphatic rings. The Morgan fingerprint density at radius 1 is 0.966 bits per heavy atom. The van der Waals surface area contributed by atoms with E-state index in [2.05, 4.69) is 10.9 Å². The molecule has 0 saturated carbocycles. The maximum atomic E-state index is 12.4. The Kier molecular flexibility index (Phi) is 6.29. The predicted octanol–water partition coefficient (Wildman–Crippen LogP) is 3.00. The molecule has 0 saturated heterocycles. The van der Waals surface area contributed by atoms with Crippen molar-refractivity contribution >= 4 is 28.5 Å². The molecular formula is C22H23N3O4. The molecule has 0 atom stereocenters. The summed E-state index contributed by atoms with van der Waals surface area (Å²) in [5.74, 6) is -0.299. The average Bonchev–Trinajstić information content (AvgIpc) is 3.08. The monoisotopic (exact) mass is 393 g/mol. The van der Waals surface area contributed by atoms with E-state index in [4.69, 9.17) is 4.74 Å². The van der Waals surface area contributed by atoms with Crippen molar-refractivity contribution in [1.82, 2.24) is 15.4 Å². The third kappa shape index (κ3) is 4.82. The fourth-order valence-electron chi connectivity index (χ4n) is 3.05. The number of carbonyl (C=O) groups excluding carboxylic acids is 3. The Hall–Kier alpha value is -3.61. The molecule has 3 rings (SSSR count). The molecule has 0 radical (unpaired) electrons. The normalized spacial score (nSPS) is 10.6. The van der Waals surface area contributed by atoms with E-state index in [1.165, 1.54) is 0 Å².